The molecule has 0 unspecified atom stereocenters. The Bertz CT molecular complexity index is 1080. The minimum atomic E-state index is -0.398. The van der Waals surface area contributed by atoms with Crippen LogP contribution in [0, 0.1) is 12.7 Å². The summed E-state index contributed by atoms with van der Waals surface area (Å²) < 4.78 is 16.3. The maximum atomic E-state index is 13.4. The number of nitrogens with zero attached hydrogens (tertiary/aromatic N) is 5. The van der Waals surface area contributed by atoms with Gasteiger partial charge in [-0.05, 0) is 31.2 Å². The van der Waals surface area contributed by atoms with E-state index in [4.69, 9.17) is 0 Å². The molecule has 0 radical (unpaired) electrons. The minimum absolute atomic E-state index is 0.286. The summed E-state index contributed by atoms with van der Waals surface area (Å²) >= 11 is 0. The Balaban J connectivity index is 2.06. The molecule has 0 fully saturated rings. The second-order valence-corrected chi connectivity index (χ2v) is 4.90. The zero-order valence-electron chi connectivity index (χ0n) is 11.6. The Hall–Kier alpha value is -3.09. The van der Waals surface area contributed by atoms with Crippen molar-refractivity contribution in [1.82, 2.24) is 24.1 Å². The lowest BCUT2D eigenvalue weighted by atomic mass is 10.2. The van der Waals surface area contributed by atoms with Gasteiger partial charge in [0.05, 0.1) is 16.6 Å². The van der Waals surface area contributed by atoms with Gasteiger partial charge in [-0.25, -0.2) is 9.37 Å². The molecule has 6 nitrogen and oxygen atoms in total. The van der Waals surface area contributed by atoms with Crippen LogP contribution in [0.15, 0.2) is 47.5 Å². The van der Waals surface area contributed by atoms with Crippen LogP contribution < -0.4 is 5.56 Å². The monoisotopic (exact) mass is 295 g/mol. The highest BCUT2D eigenvalue weighted by molar-refractivity contribution is 5.78. The third kappa shape index (κ3) is 1.79. The number of rotatable bonds is 1. The van der Waals surface area contributed by atoms with Gasteiger partial charge < -0.3 is 0 Å². The molecule has 3 heterocycles. The van der Waals surface area contributed by atoms with Crippen LogP contribution >= 0.6 is 0 Å². The maximum absolute atomic E-state index is 13.4. The molecule has 4 aromatic rings. The van der Waals surface area contributed by atoms with Gasteiger partial charge in [-0.15, -0.1) is 5.10 Å². The van der Waals surface area contributed by atoms with Crippen molar-refractivity contribution in [3.8, 4) is 5.69 Å². The van der Waals surface area contributed by atoms with Gasteiger partial charge in [-0.3, -0.25) is 9.36 Å². The number of halogens is 1. The third-order valence-electron chi connectivity index (χ3n) is 3.43. The van der Waals surface area contributed by atoms with E-state index in [9.17, 15) is 9.18 Å². The highest BCUT2D eigenvalue weighted by atomic mass is 19.1. The topological polar surface area (TPSA) is 65.1 Å². The molecular formula is C15H10FN5O. The number of benzene rings is 1. The molecule has 0 N–H and O–H groups in total. The van der Waals surface area contributed by atoms with E-state index >= 15 is 0 Å². The standard InChI is InChI=1S/C15H10FN5O/c1-9-18-15-17-8-12-13(21(15)19-9)5-6-20(14(12)22)11-4-2-3-10(16)7-11/h2-8H,1H3. The summed E-state index contributed by atoms with van der Waals surface area (Å²) in [5, 5.41) is 4.63. The van der Waals surface area contributed by atoms with Crippen LogP contribution in [0.4, 0.5) is 4.39 Å². The van der Waals surface area contributed by atoms with Crippen LogP contribution in [0.3, 0.4) is 0 Å². The Morgan fingerprint density at radius 1 is 1.23 bits per heavy atom. The van der Waals surface area contributed by atoms with Crippen molar-refractivity contribution >= 4 is 16.7 Å². The van der Waals surface area contributed by atoms with Gasteiger partial charge in [-0.1, -0.05) is 6.07 Å². The molecule has 108 valence electrons. The van der Waals surface area contributed by atoms with Crippen molar-refractivity contribution in [2.45, 2.75) is 6.92 Å². The van der Waals surface area contributed by atoms with Crippen molar-refractivity contribution in [3.05, 3.63) is 64.7 Å². The molecule has 22 heavy (non-hydrogen) atoms. The minimum Gasteiger partial charge on any atom is -0.284 e. The van der Waals surface area contributed by atoms with Crippen molar-refractivity contribution < 1.29 is 4.39 Å². The van der Waals surface area contributed by atoms with Crippen LogP contribution in [0.1, 0.15) is 5.82 Å². The lowest BCUT2D eigenvalue weighted by molar-refractivity contribution is 0.626. The van der Waals surface area contributed by atoms with Crippen LogP contribution in [-0.4, -0.2) is 24.1 Å². The molecule has 0 aliphatic heterocycles. The quantitative estimate of drug-likeness (QED) is 0.538. The van der Waals surface area contributed by atoms with E-state index in [1.165, 1.54) is 27.4 Å². The van der Waals surface area contributed by atoms with Crippen LogP contribution in [-0.2, 0) is 0 Å². The predicted molar refractivity (Wildman–Crippen MR) is 78.6 cm³/mol. The second kappa shape index (κ2) is 4.45. The van der Waals surface area contributed by atoms with Gasteiger partial charge in [-0.2, -0.15) is 9.50 Å². The largest absolute Gasteiger partial charge is 0.284 e. The van der Waals surface area contributed by atoms with Crippen LogP contribution in [0.2, 0.25) is 0 Å². The Labute approximate surface area is 123 Å². The number of fused-ring (bicyclic) bond motifs is 3. The zero-order valence-corrected chi connectivity index (χ0v) is 11.6. The van der Waals surface area contributed by atoms with Gasteiger partial charge >= 0.3 is 0 Å². The molecule has 1 aromatic carbocycles. The lowest BCUT2D eigenvalue weighted by Crippen LogP contribution is -2.19. The van der Waals surface area contributed by atoms with E-state index in [0.29, 0.717) is 28.2 Å². The van der Waals surface area contributed by atoms with Crippen molar-refractivity contribution in [1.29, 1.82) is 0 Å². The summed E-state index contributed by atoms with van der Waals surface area (Å²) in [5.74, 6) is 0.618. The van der Waals surface area contributed by atoms with Gasteiger partial charge in [0.25, 0.3) is 11.3 Å². The molecule has 0 aliphatic rings. The highest BCUT2D eigenvalue weighted by Crippen LogP contribution is 2.13. The molecule has 0 spiro atoms. The number of pyridine rings is 1. The average molecular weight is 295 g/mol. The van der Waals surface area contributed by atoms with E-state index in [2.05, 4.69) is 15.1 Å². The van der Waals surface area contributed by atoms with E-state index in [1.807, 2.05) is 0 Å². The van der Waals surface area contributed by atoms with E-state index in [-0.39, 0.29) is 5.56 Å². The van der Waals surface area contributed by atoms with Crippen molar-refractivity contribution in [3.63, 3.8) is 0 Å². The lowest BCUT2D eigenvalue weighted by Gasteiger charge is -2.07. The molecule has 0 atom stereocenters. The first-order valence-electron chi connectivity index (χ1n) is 6.63. The van der Waals surface area contributed by atoms with Crippen LogP contribution in [0.5, 0.6) is 0 Å². The van der Waals surface area contributed by atoms with Gasteiger partial charge in [0.15, 0.2) is 0 Å². The Morgan fingerprint density at radius 3 is 2.91 bits per heavy atom. The maximum Gasteiger partial charge on any atom is 0.266 e. The van der Waals surface area contributed by atoms with Crippen molar-refractivity contribution in [2.24, 2.45) is 0 Å². The molecule has 4 rings (SSSR count). The Morgan fingerprint density at radius 2 is 2.09 bits per heavy atom. The Kier molecular flexibility index (Phi) is 2.56. The molecule has 0 aliphatic carbocycles. The van der Waals surface area contributed by atoms with E-state index in [1.54, 1.807) is 31.3 Å². The number of aryl methyl sites for hydroxylation is 1. The fourth-order valence-electron chi connectivity index (χ4n) is 2.45. The highest BCUT2D eigenvalue weighted by Gasteiger charge is 2.10. The smallest absolute Gasteiger partial charge is 0.266 e. The first-order chi connectivity index (χ1) is 10.6. The summed E-state index contributed by atoms with van der Waals surface area (Å²) in [7, 11) is 0. The first kappa shape index (κ1) is 12.6. The number of hydrogen-bond acceptors (Lipinski definition) is 4. The average Bonchev–Trinajstić information content (AvgIpc) is 2.88. The normalized spacial score (nSPS) is 11.4. The van der Waals surface area contributed by atoms with Gasteiger partial charge in [0.2, 0.25) is 0 Å². The SMILES string of the molecule is Cc1nc2ncc3c(=O)n(-c4cccc(F)c4)ccc3n2n1. The zero-order chi connectivity index (χ0) is 15.3. The summed E-state index contributed by atoms with van der Waals surface area (Å²) in [6.07, 6.45) is 3.06. The fraction of sp³-hybridized carbons (Fsp3) is 0.0667. The second-order valence-electron chi connectivity index (χ2n) is 4.90. The summed E-state index contributed by atoms with van der Waals surface area (Å²) in [6, 6.07) is 7.60. The molecular weight excluding hydrogens is 285 g/mol. The van der Waals surface area contributed by atoms with E-state index in [0.717, 1.165) is 0 Å². The summed E-state index contributed by atoms with van der Waals surface area (Å²) in [5.41, 5.74) is 0.788. The van der Waals surface area contributed by atoms with Crippen molar-refractivity contribution in [2.75, 3.05) is 0 Å². The summed E-state index contributed by atoms with van der Waals surface area (Å²) in [4.78, 5) is 20.9. The number of aromatic nitrogens is 5. The predicted octanol–water partition coefficient (Wildman–Crippen LogP) is 1.88. The molecule has 0 bridgehead atoms. The molecule has 7 heteroatoms. The van der Waals surface area contributed by atoms with Crippen LogP contribution in [0.25, 0.3) is 22.4 Å². The van der Waals surface area contributed by atoms with Gasteiger partial charge in [0, 0.05) is 12.4 Å². The molecule has 0 amide bonds. The molecule has 0 saturated heterocycles. The van der Waals surface area contributed by atoms with E-state index < -0.39 is 5.82 Å². The summed E-state index contributed by atoms with van der Waals surface area (Å²) in [6.45, 7) is 1.76. The first-order valence-corrected chi connectivity index (χ1v) is 6.63. The fourth-order valence-corrected chi connectivity index (χ4v) is 2.45. The third-order valence-corrected chi connectivity index (χ3v) is 3.43. The molecule has 0 saturated carbocycles. The number of hydrogen-bond donors (Lipinski definition) is 0. The van der Waals surface area contributed by atoms with Gasteiger partial charge in [0.1, 0.15) is 11.6 Å². The molecule has 3 aromatic heterocycles.